The van der Waals surface area contributed by atoms with Crippen LogP contribution in [0, 0.1) is 0 Å². The number of hydrogen-bond acceptors (Lipinski definition) is 8. The Morgan fingerprint density at radius 1 is 1.23 bits per heavy atom. The molecule has 1 saturated heterocycles. The molecule has 3 aromatic rings. The summed E-state index contributed by atoms with van der Waals surface area (Å²) in [6, 6.07) is 7.31. The molecule has 3 heterocycles. The van der Waals surface area contributed by atoms with Crippen molar-refractivity contribution >= 4 is 32.8 Å². The molecule has 0 spiro atoms. The molecule has 11 nitrogen and oxygen atoms in total. The third-order valence-corrected chi connectivity index (χ3v) is 8.26. The maximum atomic E-state index is 12.8. The normalized spacial score (nSPS) is 16.9. The number of ether oxygens (including phenoxy) is 1. The SMILES string of the molecule is C=CC(=O)N1CCCC(n2nc(-c3ccc(CNS(=O)(=O)C(=CC)C(=CC)OC)cc3)c3c(N)ncnc32)C1. The number of nitrogens with zero attached hydrogens (tertiary/aromatic N) is 5. The van der Waals surface area contributed by atoms with Crippen LogP contribution in [0.25, 0.3) is 22.3 Å². The fourth-order valence-electron chi connectivity index (χ4n) is 4.76. The van der Waals surface area contributed by atoms with Gasteiger partial charge in [0.25, 0.3) is 0 Å². The summed E-state index contributed by atoms with van der Waals surface area (Å²) >= 11 is 0. The lowest BCUT2D eigenvalue weighted by atomic mass is 10.1. The highest BCUT2D eigenvalue weighted by atomic mass is 32.2. The number of methoxy groups -OCH3 is 1. The van der Waals surface area contributed by atoms with Gasteiger partial charge in [-0.3, -0.25) is 4.79 Å². The van der Waals surface area contributed by atoms with E-state index in [-0.39, 0.29) is 29.2 Å². The topological polar surface area (TPSA) is 145 Å². The van der Waals surface area contributed by atoms with Crippen LogP contribution in [0.3, 0.4) is 0 Å². The molecule has 1 amide bonds. The summed E-state index contributed by atoms with van der Waals surface area (Å²) < 4.78 is 35.3. The van der Waals surface area contributed by atoms with Crippen LogP contribution in [0.4, 0.5) is 5.82 Å². The first kappa shape index (κ1) is 28.0. The number of nitrogens with one attached hydrogen (secondary N) is 1. The highest BCUT2D eigenvalue weighted by molar-refractivity contribution is 7.93. The van der Waals surface area contributed by atoms with Crippen molar-refractivity contribution < 1.29 is 17.9 Å². The van der Waals surface area contributed by atoms with Crippen molar-refractivity contribution in [3.8, 4) is 11.3 Å². The number of fused-ring (bicyclic) bond motifs is 1. The molecule has 4 rings (SSSR count). The number of anilines is 1. The fraction of sp³-hybridized carbons (Fsp3) is 0.333. The quantitative estimate of drug-likeness (QED) is 0.234. The summed E-state index contributed by atoms with van der Waals surface area (Å²) in [6.07, 6.45) is 7.51. The molecule has 2 aromatic heterocycles. The van der Waals surface area contributed by atoms with Crippen molar-refractivity contribution in [3.63, 3.8) is 0 Å². The first-order chi connectivity index (χ1) is 18.7. The van der Waals surface area contributed by atoms with Crippen molar-refractivity contribution in [1.29, 1.82) is 0 Å². The first-order valence-corrected chi connectivity index (χ1v) is 14.1. The average molecular weight is 552 g/mol. The molecule has 1 aliphatic rings. The van der Waals surface area contributed by atoms with Gasteiger partial charge in [0.05, 0.1) is 18.5 Å². The zero-order chi connectivity index (χ0) is 28.2. The standard InChI is InChI=1S/C27H33N7O4S/c1-5-21(38-4)22(6-2)39(36,37)31-15-18-10-12-19(13-11-18)25-24-26(28)29-17-30-27(24)34(32-25)20-9-8-14-33(16-20)23(35)7-3/h5-7,10-13,17,20,31H,3,8-9,14-16H2,1-2,4H3,(H2,28,29,30). The van der Waals surface area contributed by atoms with Gasteiger partial charge in [-0.2, -0.15) is 5.10 Å². The molecular formula is C27H33N7O4S. The van der Waals surface area contributed by atoms with Crippen LogP contribution in [-0.2, 0) is 26.1 Å². The summed E-state index contributed by atoms with van der Waals surface area (Å²) in [5.41, 5.74) is 9.04. The van der Waals surface area contributed by atoms with Crippen molar-refractivity contribution in [3.05, 3.63) is 71.6 Å². The molecule has 3 N–H and O–H groups in total. The Hall–Kier alpha value is -4.03. The van der Waals surface area contributed by atoms with Crippen molar-refractivity contribution in [2.75, 3.05) is 25.9 Å². The number of carbonyl (C=O) groups excluding carboxylic acids is 1. The second-order valence-electron chi connectivity index (χ2n) is 9.07. The molecule has 1 atom stereocenters. The van der Waals surface area contributed by atoms with Crippen LogP contribution < -0.4 is 10.5 Å². The molecular weight excluding hydrogens is 518 g/mol. The number of carbonyl (C=O) groups is 1. The van der Waals surface area contributed by atoms with E-state index in [2.05, 4.69) is 21.3 Å². The molecule has 0 aliphatic carbocycles. The summed E-state index contributed by atoms with van der Waals surface area (Å²) in [6.45, 7) is 8.22. The summed E-state index contributed by atoms with van der Waals surface area (Å²) in [7, 11) is -2.35. The van der Waals surface area contributed by atoms with Gasteiger partial charge in [0, 0.05) is 25.2 Å². The van der Waals surface area contributed by atoms with E-state index in [1.54, 1.807) is 24.8 Å². The number of hydrogen-bond donors (Lipinski definition) is 2. The van der Waals surface area contributed by atoms with Gasteiger partial charge < -0.3 is 15.4 Å². The summed E-state index contributed by atoms with van der Waals surface area (Å²) in [5.74, 6) is 0.477. The Labute approximate surface area is 228 Å². The van der Waals surface area contributed by atoms with E-state index < -0.39 is 10.0 Å². The lowest BCUT2D eigenvalue weighted by molar-refractivity contribution is -0.127. The monoisotopic (exact) mass is 551 g/mol. The van der Waals surface area contributed by atoms with Gasteiger partial charge in [0.15, 0.2) is 5.65 Å². The number of benzene rings is 1. The van der Waals surface area contributed by atoms with E-state index in [4.69, 9.17) is 15.6 Å². The molecule has 206 valence electrons. The Bertz CT molecular complexity index is 1540. The first-order valence-electron chi connectivity index (χ1n) is 12.6. The number of aromatic nitrogens is 4. The third kappa shape index (κ3) is 5.71. The smallest absolute Gasteiger partial charge is 0.246 e. The number of sulfonamides is 1. The minimum absolute atomic E-state index is 0.0724. The molecule has 1 unspecified atom stereocenters. The predicted molar refractivity (Wildman–Crippen MR) is 151 cm³/mol. The number of rotatable bonds is 9. The Kier molecular flexibility index (Phi) is 8.46. The number of likely N-dealkylation sites (tertiary alicyclic amines) is 1. The molecule has 39 heavy (non-hydrogen) atoms. The lowest BCUT2D eigenvalue weighted by Gasteiger charge is -2.32. The van der Waals surface area contributed by atoms with Crippen LogP contribution in [0.5, 0.6) is 0 Å². The summed E-state index contributed by atoms with van der Waals surface area (Å²) in [5, 5.41) is 5.52. The summed E-state index contributed by atoms with van der Waals surface area (Å²) in [4.78, 5) is 22.7. The Balaban J connectivity index is 1.61. The number of piperidine rings is 1. The number of amides is 1. The zero-order valence-electron chi connectivity index (χ0n) is 22.3. The second kappa shape index (κ2) is 11.8. The average Bonchev–Trinajstić information content (AvgIpc) is 3.35. The number of allylic oxidation sites excluding steroid dienone is 2. The van der Waals surface area contributed by atoms with Crippen molar-refractivity contribution in [1.82, 2.24) is 29.4 Å². The van der Waals surface area contributed by atoms with E-state index in [0.29, 0.717) is 35.6 Å². The van der Waals surface area contributed by atoms with Crippen molar-refractivity contribution in [2.24, 2.45) is 0 Å². The molecule has 0 saturated carbocycles. The van der Waals surface area contributed by atoms with Gasteiger partial charge in [0.2, 0.25) is 15.9 Å². The Morgan fingerprint density at radius 3 is 2.62 bits per heavy atom. The van der Waals surface area contributed by atoms with E-state index in [1.165, 1.54) is 25.6 Å². The van der Waals surface area contributed by atoms with E-state index in [1.807, 2.05) is 28.9 Å². The lowest BCUT2D eigenvalue weighted by Crippen LogP contribution is -2.40. The molecule has 0 bridgehead atoms. The molecule has 1 aromatic carbocycles. The van der Waals surface area contributed by atoms with Crippen LogP contribution in [0.15, 0.2) is 66.1 Å². The largest absolute Gasteiger partial charge is 0.496 e. The third-order valence-electron chi connectivity index (χ3n) is 6.72. The fourth-order valence-corrected chi connectivity index (χ4v) is 6.05. The highest BCUT2D eigenvalue weighted by Crippen LogP contribution is 2.34. The molecule has 1 aliphatic heterocycles. The Morgan fingerprint density at radius 2 is 1.97 bits per heavy atom. The van der Waals surface area contributed by atoms with Gasteiger partial charge in [-0.15, -0.1) is 0 Å². The van der Waals surface area contributed by atoms with Crippen LogP contribution in [0.2, 0.25) is 0 Å². The molecule has 12 heteroatoms. The van der Waals surface area contributed by atoms with Gasteiger partial charge in [0.1, 0.15) is 28.5 Å². The second-order valence-corrected chi connectivity index (χ2v) is 10.8. The van der Waals surface area contributed by atoms with E-state index in [0.717, 1.165) is 24.0 Å². The van der Waals surface area contributed by atoms with E-state index >= 15 is 0 Å². The maximum Gasteiger partial charge on any atom is 0.246 e. The van der Waals surface area contributed by atoms with Gasteiger partial charge in [-0.05, 0) is 44.4 Å². The van der Waals surface area contributed by atoms with Gasteiger partial charge in [-0.25, -0.2) is 27.8 Å². The van der Waals surface area contributed by atoms with E-state index in [9.17, 15) is 13.2 Å². The van der Waals surface area contributed by atoms with Crippen LogP contribution in [-0.4, -0.2) is 59.2 Å². The van der Waals surface area contributed by atoms with Crippen LogP contribution in [0.1, 0.15) is 38.3 Å². The van der Waals surface area contributed by atoms with Gasteiger partial charge >= 0.3 is 0 Å². The van der Waals surface area contributed by atoms with Gasteiger partial charge in [-0.1, -0.05) is 36.9 Å². The predicted octanol–water partition coefficient (Wildman–Crippen LogP) is 3.30. The minimum Gasteiger partial charge on any atom is -0.496 e. The maximum absolute atomic E-state index is 12.8. The number of nitrogen functional groups attached to an aromatic ring is 1. The van der Waals surface area contributed by atoms with Crippen LogP contribution >= 0.6 is 0 Å². The highest BCUT2D eigenvalue weighted by Gasteiger charge is 2.28. The minimum atomic E-state index is -3.78. The molecule has 0 radical (unpaired) electrons. The zero-order valence-corrected chi connectivity index (χ0v) is 23.1. The number of nitrogens with two attached hydrogens (primary N) is 1. The molecule has 1 fully saturated rings. The van der Waals surface area contributed by atoms with Crippen molar-refractivity contribution in [2.45, 2.75) is 39.3 Å².